The average Bonchev–Trinajstić information content (AvgIpc) is 3.74. The van der Waals surface area contributed by atoms with Gasteiger partial charge in [0.1, 0.15) is 0 Å². The van der Waals surface area contributed by atoms with Crippen molar-refractivity contribution in [2.75, 3.05) is 5.32 Å². The fourth-order valence-corrected chi connectivity index (χ4v) is 7.59. The Balaban J connectivity index is 0.00000183. The lowest BCUT2D eigenvalue weighted by Gasteiger charge is -2.14. The molecule has 0 saturated heterocycles. The maximum absolute atomic E-state index is 8.64. The number of anilines is 2. The van der Waals surface area contributed by atoms with Crippen molar-refractivity contribution in [3.63, 3.8) is 0 Å². The third-order valence-electron chi connectivity index (χ3n) is 9.82. The molecule has 10 aromatic rings. The Labute approximate surface area is 307 Å². The highest BCUT2D eigenvalue weighted by Crippen LogP contribution is 2.39. The quantitative estimate of drug-likeness (QED) is 0.171. The molecule has 3 aromatic heterocycles. The second-order valence-electron chi connectivity index (χ2n) is 12.7. The Morgan fingerprint density at radius 3 is 1.87 bits per heavy atom. The van der Waals surface area contributed by atoms with Crippen LogP contribution in [0.15, 0.2) is 164 Å². The van der Waals surface area contributed by atoms with E-state index in [-0.39, 0.29) is 0 Å². The molecule has 0 bridgehead atoms. The zero-order valence-corrected chi connectivity index (χ0v) is 29.5. The number of fused-ring (bicyclic) bond motifs is 7. The van der Waals surface area contributed by atoms with E-state index in [1.165, 1.54) is 6.21 Å². The van der Waals surface area contributed by atoms with Crippen molar-refractivity contribution in [3.8, 4) is 22.9 Å². The highest BCUT2D eigenvalue weighted by molar-refractivity contribution is 6.16. The van der Waals surface area contributed by atoms with Gasteiger partial charge in [-0.25, -0.2) is 9.97 Å². The summed E-state index contributed by atoms with van der Waals surface area (Å²) in [5, 5.41) is 17.8. The number of hydrogen-bond acceptors (Lipinski definition) is 4. The van der Waals surface area contributed by atoms with Crippen LogP contribution in [-0.2, 0) is 0 Å². The standard InChI is InChI=1S/C45H30N6.C2H6/c46-28-37-39(25-24-34-32-17-8-11-21-40(32)50(44(34)37)31-15-5-2-6-16-31)47-30-23-26-42-36(27-30)33-18-9-12-22-41(33)51(42)45-48-38-20-10-7-19-35(38)43(49-45)29-13-3-1-4-14-29;1-2/h1-28,46-47H;1-2H3. The summed E-state index contributed by atoms with van der Waals surface area (Å²) in [6.45, 7) is 4.00. The van der Waals surface area contributed by atoms with Crippen molar-refractivity contribution in [3.05, 3.63) is 169 Å². The third-order valence-corrected chi connectivity index (χ3v) is 9.82. The highest BCUT2D eigenvalue weighted by atomic mass is 15.2. The maximum Gasteiger partial charge on any atom is 0.235 e. The van der Waals surface area contributed by atoms with Crippen molar-refractivity contribution >= 4 is 72.1 Å². The minimum absolute atomic E-state index is 0.629. The van der Waals surface area contributed by atoms with Gasteiger partial charge in [0.05, 0.1) is 33.3 Å². The summed E-state index contributed by atoms with van der Waals surface area (Å²) < 4.78 is 4.43. The van der Waals surface area contributed by atoms with E-state index < -0.39 is 0 Å². The predicted molar refractivity (Wildman–Crippen MR) is 223 cm³/mol. The second kappa shape index (κ2) is 13.2. The number of rotatable bonds is 6. The van der Waals surface area contributed by atoms with Gasteiger partial charge in [-0.05, 0) is 54.6 Å². The molecule has 0 spiro atoms. The van der Waals surface area contributed by atoms with Gasteiger partial charge in [-0.1, -0.05) is 123 Å². The van der Waals surface area contributed by atoms with Gasteiger partial charge in [-0.2, -0.15) is 0 Å². The van der Waals surface area contributed by atoms with Crippen molar-refractivity contribution in [1.82, 2.24) is 19.1 Å². The zero-order chi connectivity index (χ0) is 35.9. The maximum atomic E-state index is 8.64. The number of benzene rings is 7. The Hall–Kier alpha value is -7.05. The lowest BCUT2D eigenvalue weighted by atomic mass is 10.1. The van der Waals surface area contributed by atoms with Crippen molar-refractivity contribution in [1.29, 1.82) is 5.41 Å². The molecule has 6 heteroatoms. The summed E-state index contributed by atoms with van der Waals surface area (Å²) >= 11 is 0. The number of nitrogens with one attached hydrogen (secondary N) is 2. The lowest BCUT2D eigenvalue weighted by Crippen LogP contribution is -2.03. The number of aromatic nitrogens is 4. The number of nitrogens with zero attached hydrogens (tertiary/aromatic N) is 4. The monoisotopic (exact) mass is 684 g/mol. The van der Waals surface area contributed by atoms with Crippen LogP contribution in [0, 0.1) is 5.41 Å². The summed E-state index contributed by atoms with van der Waals surface area (Å²) in [6, 6.07) is 56.5. The van der Waals surface area contributed by atoms with Crippen LogP contribution in [-0.4, -0.2) is 25.3 Å². The van der Waals surface area contributed by atoms with Crippen LogP contribution >= 0.6 is 0 Å². The molecule has 254 valence electrons. The topological polar surface area (TPSA) is 71.5 Å². The van der Waals surface area contributed by atoms with Gasteiger partial charge in [0.2, 0.25) is 5.95 Å². The van der Waals surface area contributed by atoms with E-state index in [4.69, 9.17) is 15.4 Å². The van der Waals surface area contributed by atoms with E-state index in [0.29, 0.717) is 5.95 Å². The molecule has 10 rings (SSSR count). The fourth-order valence-electron chi connectivity index (χ4n) is 7.59. The second-order valence-corrected chi connectivity index (χ2v) is 12.7. The van der Waals surface area contributed by atoms with Crippen molar-refractivity contribution in [2.45, 2.75) is 13.8 Å². The van der Waals surface area contributed by atoms with Gasteiger partial charge < -0.3 is 15.3 Å². The molecule has 3 heterocycles. The molecule has 0 radical (unpaired) electrons. The molecule has 0 atom stereocenters. The fraction of sp³-hybridized carbons (Fsp3) is 0.0426. The summed E-state index contributed by atoms with van der Waals surface area (Å²) in [5.74, 6) is 0.629. The van der Waals surface area contributed by atoms with E-state index in [1.54, 1.807) is 0 Å². The normalized spacial score (nSPS) is 11.3. The molecule has 0 saturated carbocycles. The van der Waals surface area contributed by atoms with Crippen LogP contribution in [0.1, 0.15) is 19.4 Å². The highest BCUT2D eigenvalue weighted by Gasteiger charge is 2.20. The lowest BCUT2D eigenvalue weighted by molar-refractivity contribution is 1.01. The Morgan fingerprint density at radius 1 is 0.528 bits per heavy atom. The molecule has 0 aliphatic rings. The first-order valence-electron chi connectivity index (χ1n) is 18.0. The number of para-hydroxylation sites is 4. The zero-order valence-electron chi connectivity index (χ0n) is 29.5. The van der Waals surface area contributed by atoms with E-state index in [2.05, 4.69) is 142 Å². The van der Waals surface area contributed by atoms with Crippen LogP contribution in [0.4, 0.5) is 11.4 Å². The number of hydrogen-bond donors (Lipinski definition) is 2. The molecule has 7 aromatic carbocycles. The average molecular weight is 685 g/mol. The molecule has 0 fully saturated rings. The molecule has 6 nitrogen and oxygen atoms in total. The minimum Gasteiger partial charge on any atom is -0.355 e. The van der Waals surface area contributed by atoms with Crippen LogP contribution in [0.25, 0.3) is 77.4 Å². The van der Waals surface area contributed by atoms with Gasteiger partial charge in [0, 0.05) is 61.3 Å². The molecule has 0 amide bonds. The molecule has 0 aliphatic carbocycles. The molecule has 53 heavy (non-hydrogen) atoms. The van der Waals surface area contributed by atoms with Crippen LogP contribution in [0.3, 0.4) is 0 Å². The first kappa shape index (κ1) is 31.9. The first-order valence-corrected chi connectivity index (χ1v) is 18.0. The van der Waals surface area contributed by atoms with Crippen molar-refractivity contribution in [2.24, 2.45) is 0 Å². The smallest absolute Gasteiger partial charge is 0.235 e. The van der Waals surface area contributed by atoms with Gasteiger partial charge >= 0.3 is 0 Å². The van der Waals surface area contributed by atoms with Crippen LogP contribution in [0.5, 0.6) is 0 Å². The first-order chi connectivity index (χ1) is 26.3. The van der Waals surface area contributed by atoms with Gasteiger partial charge in [0.15, 0.2) is 0 Å². The molecular weight excluding hydrogens is 649 g/mol. The van der Waals surface area contributed by atoms with E-state index in [1.807, 2.05) is 50.2 Å². The van der Waals surface area contributed by atoms with Gasteiger partial charge in [-0.3, -0.25) is 4.57 Å². The minimum atomic E-state index is 0.629. The SMILES string of the molecule is CC.N=Cc1c(Nc2ccc3c(c2)c2ccccc2n3-c2nc(-c3ccccc3)c3ccccc3n2)ccc2c3ccccc3n(-c3ccccc3)c12. The third kappa shape index (κ3) is 5.23. The molecule has 0 unspecified atom stereocenters. The molecule has 2 N–H and O–H groups in total. The Kier molecular flexibility index (Phi) is 7.97. The Morgan fingerprint density at radius 2 is 1.13 bits per heavy atom. The van der Waals surface area contributed by atoms with E-state index in [0.717, 1.165) is 88.4 Å². The summed E-state index contributed by atoms with van der Waals surface area (Å²) in [5.41, 5.74) is 10.7. The largest absolute Gasteiger partial charge is 0.355 e. The molecule has 0 aliphatic heterocycles. The predicted octanol–water partition coefficient (Wildman–Crippen LogP) is 12.3. The van der Waals surface area contributed by atoms with Crippen molar-refractivity contribution < 1.29 is 0 Å². The summed E-state index contributed by atoms with van der Waals surface area (Å²) in [4.78, 5) is 10.3. The Bertz CT molecular complexity index is 2960. The summed E-state index contributed by atoms with van der Waals surface area (Å²) in [6.07, 6.45) is 1.47. The molecular formula is C47H36N6. The van der Waals surface area contributed by atoms with E-state index in [9.17, 15) is 0 Å². The summed E-state index contributed by atoms with van der Waals surface area (Å²) in [7, 11) is 0. The van der Waals surface area contributed by atoms with Crippen LogP contribution in [0.2, 0.25) is 0 Å². The van der Waals surface area contributed by atoms with Crippen LogP contribution < -0.4 is 5.32 Å². The van der Waals surface area contributed by atoms with E-state index >= 15 is 0 Å². The van der Waals surface area contributed by atoms with Gasteiger partial charge in [0.25, 0.3) is 0 Å². The van der Waals surface area contributed by atoms with Gasteiger partial charge in [-0.15, -0.1) is 0 Å².